The molecule has 3 aliphatic rings. The number of amides is 7. The molecule has 4 rings (SSSR count). The Kier molecular flexibility index (Phi) is 20.8. The molecule has 0 saturated carbocycles. The van der Waals surface area contributed by atoms with Crippen LogP contribution in [-0.2, 0) is 49.5 Å². The van der Waals surface area contributed by atoms with Crippen molar-refractivity contribution in [3.8, 4) is 0 Å². The van der Waals surface area contributed by atoms with Crippen LogP contribution in [-0.4, -0.2) is 157 Å². The number of likely N-dealkylation sites (tertiary alicyclic amines) is 2. The van der Waals surface area contributed by atoms with Gasteiger partial charge < -0.3 is 35.2 Å². The minimum absolute atomic E-state index is 0.00714. The summed E-state index contributed by atoms with van der Waals surface area (Å²) in [6.07, 6.45) is 8.09. The predicted molar refractivity (Wildman–Crippen MR) is 253 cm³/mol. The minimum atomic E-state index is -0.865. The number of methoxy groups -OCH3 is 2. The van der Waals surface area contributed by atoms with Crippen LogP contribution in [0, 0.1) is 17.8 Å². The number of nitrogens with one attached hydrogen (secondary N) is 3. The van der Waals surface area contributed by atoms with Crippen LogP contribution >= 0.6 is 0 Å². The van der Waals surface area contributed by atoms with Gasteiger partial charge in [0.05, 0.1) is 42.2 Å². The minimum Gasteiger partial charge on any atom is -0.379 e. The SMILES string of the molecule is CC[C@H](C)[C@@H]([C@@H](CC(=O)N1CCC[C@H]1C(OC)[C@@H](C)C(=O)N[C@@H](Cc1ccccc1)C(=O)NCCCCCCN1C(=O)C=CC1=O)OC)N(C)C(=O)[C@@H](NC(=O)[C@]1(C)CCCN1C)C(C)C. The first-order valence-corrected chi connectivity index (χ1v) is 24.2. The summed E-state index contributed by atoms with van der Waals surface area (Å²) in [4.78, 5) is 101. The summed E-state index contributed by atoms with van der Waals surface area (Å²) in [6, 6.07) is 6.94. The average molecular weight is 922 g/mol. The van der Waals surface area contributed by atoms with Gasteiger partial charge in [-0.15, -0.1) is 0 Å². The number of likely N-dealkylation sites (N-methyl/N-ethyl adjacent to an activating group) is 2. The quantitative estimate of drug-likeness (QED) is 0.0911. The van der Waals surface area contributed by atoms with Crippen LogP contribution < -0.4 is 16.0 Å². The molecule has 16 heteroatoms. The first-order valence-electron chi connectivity index (χ1n) is 24.2. The highest BCUT2D eigenvalue weighted by Gasteiger charge is 2.45. The smallest absolute Gasteiger partial charge is 0.253 e. The second kappa shape index (κ2) is 25.5. The lowest BCUT2D eigenvalue weighted by Gasteiger charge is -2.41. The Morgan fingerprint density at radius 1 is 0.879 bits per heavy atom. The number of hydrogen-bond acceptors (Lipinski definition) is 10. The molecule has 66 heavy (non-hydrogen) atoms. The summed E-state index contributed by atoms with van der Waals surface area (Å²) >= 11 is 0. The normalized spacial score (nSPS) is 21.9. The van der Waals surface area contributed by atoms with Gasteiger partial charge in [-0.1, -0.05) is 84.2 Å². The molecule has 0 aromatic heterocycles. The van der Waals surface area contributed by atoms with Gasteiger partial charge in [-0.3, -0.25) is 43.4 Å². The second-order valence-electron chi connectivity index (χ2n) is 19.2. The fourth-order valence-corrected chi connectivity index (χ4v) is 9.82. The maximum absolute atomic E-state index is 14.4. The molecule has 0 bridgehead atoms. The Labute approximate surface area is 393 Å². The number of rotatable bonds is 26. The fraction of sp³-hybridized carbons (Fsp3) is 0.700. The Balaban J connectivity index is 1.40. The number of hydrogen-bond donors (Lipinski definition) is 3. The molecule has 2 saturated heterocycles. The van der Waals surface area contributed by atoms with Crippen molar-refractivity contribution in [2.45, 2.75) is 154 Å². The largest absolute Gasteiger partial charge is 0.379 e. The van der Waals surface area contributed by atoms with Crippen LogP contribution in [0.5, 0.6) is 0 Å². The van der Waals surface area contributed by atoms with Gasteiger partial charge in [-0.05, 0) is 76.4 Å². The first-order chi connectivity index (χ1) is 31.4. The lowest BCUT2D eigenvalue weighted by atomic mass is 9.89. The van der Waals surface area contributed by atoms with E-state index in [0.29, 0.717) is 51.7 Å². The molecule has 3 N–H and O–H groups in total. The van der Waals surface area contributed by atoms with Crippen LogP contribution in [0.25, 0.3) is 0 Å². The summed E-state index contributed by atoms with van der Waals surface area (Å²) in [5, 5.41) is 9.07. The summed E-state index contributed by atoms with van der Waals surface area (Å²) in [5.74, 6) is -2.80. The molecule has 2 fully saturated rings. The van der Waals surface area contributed by atoms with Gasteiger partial charge in [0.2, 0.25) is 29.5 Å². The summed E-state index contributed by atoms with van der Waals surface area (Å²) in [7, 11) is 6.76. The number of ether oxygens (including phenoxy) is 2. The van der Waals surface area contributed by atoms with Gasteiger partial charge in [0.25, 0.3) is 11.8 Å². The number of unbranched alkanes of at least 4 members (excludes halogenated alkanes) is 3. The van der Waals surface area contributed by atoms with Crippen LogP contribution in [0.15, 0.2) is 42.5 Å². The van der Waals surface area contributed by atoms with E-state index in [-0.39, 0.29) is 66.0 Å². The zero-order valence-corrected chi connectivity index (χ0v) is 41.3. The number of carbonyl (C=O) groups excluding carboxylic acids is 7. The third-order valence-corrected chi connectivity index (χ3v) is 14.4. The Hall–Kier alpha value is -4.67. The molecule has 7 amide bonds. The monoisotopic (exact) mass is 922 g/mol. The first kappa shape index (κ1) is 53.9. The highest BCUT2D eigenvalue weighted by Crippen LogP contribution is 2.31. The van der Waals surface area contributed by atoms with E-state index in [0.717, 1.165) is 37.8 Å². The van der Waals surface area contributed by atoms with E-state index >= 15 is 0 Å². The van der Waals surface area contributed by atoms with Crippen molar-refractivity contribution in [1.82, 2.24) is 35.6 Å². The number of carbonyl (C=O) groups is 7. The topological polar surface area (TPSA) is 187 Å². The molecule has 1 aromatic carbocycles. The van der Waals surface area contributed by atoms with Crippen molar-refractivity contribution in [1.29, 1.82) is 0 Å². The standard InChI is InChI=1S/C50H79N7O9/c1-11-34(4)44(55(8)48(63)43(33(2)3)53-49(64)50(6)26-20-28-54(50)7)39(65-9)32-42(60)56-30-19-23-38(56)45(66-10)35(5)46(61)52-37(31-36-21-15-14-16-22-36)47(62)51-27-17-12-13-18-29-57-40(58)24-25-41(57)59/h14-16,21-22,24-25,33-35,37-39,43-45H,11-13,17-20,23,26-32H2,1-10H3,(H,51,62)(H,52,61)(H,53,64)/t34-,35+,37-,38-,39+,43-,44-,45?,50-/m0/s1. The third kappa shape index (κ3) is 13.7. The van der Waals surface area contributed by atoms with Crippen molar-refractivity contribution in [3.05, 3.63) is 48.0 Å². The van der Waals surface area contributed by atoms with Gasteiger partial charge in [-0.25, -0.2) is 0 Å². The van der Waals surface area contributed by atoms with Gasteiger partial charge in [-0.2, -0.15) is 0 Å². The van der Waals surface area contributed by atoms with Crippen LogP contribution in [0.3, 0.4) is 0 Å². The van der Waals surface area contributed by atoms with E-state index in [2.05, 4.69) is 16.0 Å². The van der Waals surface area contributed by atoms with E-state index in [9.17, 15) is 33.6 Å². The number of imide groups is 1. The maximum atomic E-state index is 14.4. The Morgan fingerprint density at radius 3 is 2.14 bits per heavy atom. The lowest BCUT2D eigenvalue weighted by molar-refractivity contribution is -0.148. The fourth-order valence-electron chi connectivity index (χ4n) is 9.82. The zero-order chi connectivity index (χ0) is 48.7. The summed E-state index contributed by atoms with van der Waals surface area (Å²) in [6.45, 7) is 13.6. The van der Waals surface area contributed by atoms with E-state index < -0.39 is 47.8 Å². The van der Waals surface area contributed by atoms with Gasteiger partial charge in [0, 0.05) is 59.5 Å². The van der Waals surface area contributed by atoms with Crippen molar-refractivity contribution in [2.75, 3.05) is 54.5 Å². The molecule has 1 aromatic rings. The molecule has 9 atom stereocenters. The van der Waals surface area contributed by atoms with Crippen molar-refractivity contribution >= 4 is 41.4 Å². The van der Waals surface area contributed by atoms with E-state index in [4.69, 9.17) is 9.47 Å². The molecular formula is C50H79N7O9. The van der Waals surface area contributed by atoms with E-state index in [1.165, 1.54) is 24.2 Å². The molecule has 368 valence electrons. The molecule has 1 unspecified atom stereocenters. The molecule has 0 radical (unpaired) electrons. The second-order valence-corrected chi connectivity index (χ2v) is 19.2. The van der Waals surface area contributed by atoms with Crippen molar-refractivity contribution in [3.63, 3.8) is 0 Å². The highest BCUT2D eigenvalue weighted by atomic mass is 16.5. The number of nitrogens with zero attached hydrogens (tertiary/aromatic N) is 4. The van der Waals surface area contributed by atoms with Crippen LogP contribution in [0.4, 0.5) is 0 Å². The van der Waals surface area contributed by atoms with Gasteiger partial charge in [0.15, 0.2) is 0 Å². The molecule has 16 nitrogen and oxygen atoms in total. The van der Waals surface area contributed by atoms with Gasteiger partial charge in [0.1, 0.15) is 12.1 Å². The Morgan fingerprint density at radius 2 is 1.55 bits per heavy atom. The van der Waals surface area contributed by atoms with Crippen molar-refractivity contribution in [2.24, 2.45) is 17.8 Å². The average Bonchev–Trinajstić information content (AvgIpc) is 4.02. The van der Waals surface area contributed by atoms with E-state index in [1.54, 1.807) is 30.9 Å². The zero-order valence-electron chi connectivity index (χ0n) is 41.3. The van der Waals surface area contributed by atoms with Crippen LogP contribution in [0.2, 0.25) is 0 Å². The summed E-state index contributed by atoms with van der Waals surface area (Å²) in [5.41, 5.74) is 0.184. The number of benzene rings is 1. The van der Waals surface area contributed by atoms with E-state index in [1.807, 2.05) is 76.9 Å². The van der Waals surface area contributed by atoms with Crippen LogP contribution in [0.1, 0.15) is 111 Å². The predicted octanol–water partition coefficient (Wildman–Crippen LogP) is 3.86. The third-order valence-electron chi connectivity index (χ3n) is 14.4. The van der Waals surface area contributed by atoms with Crippen molar-refractivity contribution < 1.29 is 43.0 Å². The Bertz CT molecular complexity index is 1830. The molecule has 3 heterocycles. The maximum Gasteiger partial charge on any atom is 0.253 e. The molecule has 0 aliphatic carbocycles. The summed E-state index contributed by atoms with van der Waals surface area (Å²) < 4.78 is 12.1. The highest BCUT2D eigenvalue weighted by molar-refractivity contribution is 6.12. The molecule has 0 spiro atoms. The lowest BCUT2D eigenvalue weighted by Crippen LogP contribution is -2.61. The molecule has 3 aliphatic heterocycles. The molecular weight excluding hydrogens is 843 g/mol. The van der Waals surface area contributed by atoms with Gasteiger partial charge >= 0.3 is 0 Å².